The van der Waals surface area contributed by atoms with Gasteiger partial charge in [-0.25, -0.2) is 0 Å². The Bertz CT molecular complexity index is 3350. The Kier molecular flexibility index (Phi) is 16.2. The first-order valence-electron chi connectivity index (χ1n) is 23.8. The van der Waals surface area contributed by atoms with Crippen molar-refractivity contribution in [1.82, 2.24) is 9.97 Å². The standard InChI is InChI=1S/C29H20BrN.C23H24BNO2.C12H8BrI/c30-28-14-6-12-25(19-28)23-10-4-9-22(17-23)24-11-5-13-26(18-24)29-16-15-27(20-31-29)21-7-2-1-3-8-21;1-22(2)23(3,4)27-24(26-22)20-12-8-11-18(15-20)21-14-13-19(16-25-21)17-9-6-5-7-10-17;13-11-5-1-3-9(7-11)10-4-2-6-12(14)8-10/h1-20H;5-16H,1-4H3;1-8H. The molecule has 1 aliphatic rings. The number of hydrogen-bond acceptors (Lipinski definition) is 4. The zero-order chi connectivity index (χ0) is 50.1. The van der Waals surface area contributed by atoms with Crippen LogP contribution >= 0.6 is 54.5 Å². The van der Waals surface area contributed by atoms with Crippen molar-refractivity contribution in [2.45, 2.75) is 38.9 Å². The highest BCUT2D eigenvalue weighted by Gasteiger charge is 2.51. The van der Waals surface area contributed by atoms with E-state index in [1.54, 1.807) is 0 Å². The van der Waals surface area contributed by atoms with E-state index in [1.807, 2.05) is 60.9 Å². The molecule has 1 fully saturated rings. The van der Waals surface area contributed by atoms with Crippen LogP contribution in [0.1, 0.15) is 27.7 Å². The molecule has 3 heterocycles. The molecule has 0 amide bonds. The maximum absolute atomic E-state index is 6.18. The minimum absolute atomic E-state index is 0.344. The van der Waals surface area contributed by atoms with E-state index < -0.39 is 0 Å². The van der Waals surface area contributed by atoms with Crippen LogP contribution in [0.2, 0.25) is 0 Å². The summed E-state index contributed by atoms with van der Waals surface area (Å²) in [5.41, 5.74) is 16.3. The molecule has 354 valence electrons. The van der Waals surface area contributed by atoms with Crippen molar-refractivity contribution in [3.8, 4) is 78.1 Å². The van der Waals surface area contributed by atoms with Crippen molar-refractivity contribution in [3.05, 3.63) is 255 Å². The normalized spacial score (nSPS) is 13.3. The van der Waals surface area contributed by atoms with Gasteiger partial charge in [-0.1, -0.05) is 202 Å². The second-order valence-electron chi connectivity index (χ2n) is 18.5. The predicted octanol–water partition coefficient (Wildman–Crippen LogP) is 17.9. The molecule has 8 aromatic carbocycles. The van der Waals surface area contributed by atoms with Gasteiger partial charge in [0.1, 0.15) is 0 Å². The van der Waals surface area contributed by atoms with Crippen LogP contribution in [0.15, 0.2) is 252 Å². The lowest BCUT2D eigenvalue weighted by molar-refractivity contribution is 0.00578. The average Bonchev–Trinajstić information content (AvgIpc) is 3.65. The van der Waals surface area contributed by atoms with Crippen LogP contribution in [0.3, 0.4) is 0 Å². The van der Waals surface area contributed by atoms with E-state index in [0.717, 1.165) is 48.0 Å². The lowest BCUT2D eigenvalue weighted by Crippen LogP contribution is -2.41. The summed E-state index contributed by atoms with van der Waals surface area (Å²) in [6.45, 7) is 8.28. The molecule has 8 heteroatoms. The fourth-order valence-electron chi connectivity index (χ4n) is 8.30. The predicted molar refractivity (Wildman–Crippen MR) is 317 cm³/mol. The van der Waals surface area contributed by atoms with Crippen molar-refractivity contribution < 1.29 is 9.31 Å². The average molecular weight is 1180 g/mol. The van der Waals surface area contributed by atoms with Crippen molar-refractivity contribution in [3.63, 3.8) is 0 Å². The van der Waals surface area contributed by atoms with Gasteiger partial charge in [0.25, 0.3) is 0 Å². The van der Waals surface area contributed by atoms with Crippen molar-refractivity contribution in [1.29, 1.82) is 0 Å². The fraction of sp³-hybridized carbons (Fsp3) is 0.0938. The molecule has 1 saturated heterocycles. The highest BCUT2D eigenvalue weighted by Crippen LogP contribution is 2.37. The maximum Gasteiger partial charge on any atom is 0.494 e. The third-order valence-corrected chi connectivity index (χ3v) is 14.6. The van der Waals surface area contributed by atoms with E-state index in [1.165, 1.54) is 48.1 Å². The number of aromatic nitrogens is 2. The molecule has 11 rings (SSSR count). The maximum atomic E-state index is 6.18. The van der Waals surface area contributed by atoms with Crippen LogP contribution in [0, 0.1) is 3.57 Å². The Morgan fingerprint density at radius 2 is 0.708 bits per heavy atom. The summed E-state index contributed by atoms with van der Waals surface area (Å²) in [7, 11) is -0.362. The monoisotopic (exact) mass is 1180 g/mol. The minimum atomic E-state index is -0.362. The minimum Gasteiger partial charge on any atom is -0.399 e. The zero-order valence-electron chi connectivity index (χ0n) is 40.5. The first kappa shape index (κ1) is 50.7. The number of halogens is 3. The van der Waals surface area contributed by atoms with Gasteiger partial charge in [0.15, 0.2) is 0 Å². The van der Waals surface area contributed by atoms with E-state index in [2.05, 4.69) is 269 Å². The lowest BCUT2D eigenvalue weighted by Gasteiger charge is -2.32. The van der Waals surface area contributed by atoms with E-state index in [9.17, 15) is 0 Å². The Morgan fingerprint density at radius 1 is 0.347 bits per heavy atom. The molecule has 0 unspecified atom stereocenters. The molecular formula is C64H52BBr2IN2O2. The van der Waals surface area contributed by atoms with Gasteiger partial charge in [0.2, 0.25) is 0 Å². The SMILES string of the molecule is Brc1cccc(-c2cccc(-c3cccc(-c4ccc(-c5ccccc5)cn4)c3)c2)c1.Brc1cccc(-c2cccc(I)c2)c1.CC1(C)OB(c2cccc(-c3ccc(-c4ccccc4)cn3)c2)OC1(C)C. The third kappa shape index (κ3) is 12.7. The van der Waals surface area contributed by atoms with Crippen LogP contribution < -0.4 is 5.46 Å². The molecule has 0 spiro atoms. The number of rotatable bonds is 8. The van der Waals surface area contributed by atoms with Crippen LogP contribution in [-0.2, 0) is 9.31 Å². The highest BCUT2D eigenvalue weighted by molar-refractivity contribution is 14.1. The molecule has 0 atom stereocenters. The second-order valence-corrected chi connectivity index (χ2v) is 21.6. The van der Waals surface area contributed by atoms with Gasteiger partial charge < -0.3 is 9.31 Å². The van der Waals surface area contributed by atoms with Crippen LogP contribution in [0.5, 0.6) is 0 Å². The van der Waals surface area contributed by atoms with E-state index in [0.29, 0.717) is 0 Å². The Morgan fingerprint density at radius 3 is 1.14 bits per heavy atom. The molecular weight excluding hydrogens is 1130 g/mol. The van der Waals surface area contributed by atoms with Gasteiger partial charge in [-0.05, 0) is 166 Å². The topological polar surface area (TPSA) is 44.2 Å². The van der Waals surface area contributed by atoms with E-state index in [4.69, 9.17) is 14.3 Å². The molecule has 1 aliphatic heterocycles. The number of benzene rings is 8. The molecule has 72 heavy (non-hydrogen) atoms. The largest absolute Gasteiger partial charge is 0.494 e. The summed E-state index contributed by atoms with van der Waals surface area (Å²) >= 11 is 9.38. The van der Waals surface area contributed by atoms with Crippen LogP contribution in [-0.4, -0.2) is 28.3 Å². The van der Waals surface area contributed by atoms with Gasteiger partial charge in [-0.2, -0.15) is 0 Å². The van der Waals surface area contributed by atoms with Gasteiger partial charge in [-0.3, -0.25) is 9.97 Å². The second kappa shape index (κ2) is 23.1. The smallest absolute Gasteiger partial charge is 0.399 e. The summed E-state index contributed by atoms with van der Waals surface area (Å²) in [6, 6.07) is 79.8. The molecule has 2 aromatic heterocycles. The zero-order valence-corrected chi connectivity index (χ0v) is 45.8. The summed E-state index contributed by atoms with van der Waals surface area (Å²) < 4.78 is 15.8. The van der Waals surface area contributed by atoms with Crippen molar-refractivity contribution in [2.24, 2.45) is 0 Å². The van der Waals surface area contributed by atoms with Crippen molar-refractivity contribution in [2.75, 3.05) is 0 Å². The van der Waals surface area contributed by atoms with E-state index in [-0.39, 0.29) is 18.3 Å². The molecule has 0 N–H and O–H groups in total. The van der Waals surface area contributed by atoms with Gasteiger partial charge in [0.05, 0.1) is 22.6 Å². The van der Waals surface area contributed by atoms with Crippen molar-refractivity contribution >= 4 is 67.0 Å². The summed E-state index contributed by atoms with van der Waals surface area (Å²) in [4.78, 5) is 9.40. The molecule has 0 saturated carbocycles. The van der Waals surface area contributed by atoms with Crippen LogP contribution in [0.4, 0.5) is 0 Å². The van der Waals surface area contributed by atoms with E-state index >= 15 is 0 Å². The number of pyridine rings is 2. The lowest BCUT2D eigenvalue weighted by atomic mass is 9.78. The van der Waals surface area contributed by atoms with Gasteiger partial charge in [0, 0.05) is 41.6 Å². The molecule has 0 aliphatic carbocycles. The molecule has 0 bridgehead atoms. The Balaban J connectivity index is 0.000000142. The quantitative estimate of drug-likeness (QED) is 0.112. The summed E-state index contributed by atoms with van der Waals surface area (Å²) in [6.07, 6.45) is 3.87. The molecule has 4 nitrogen and oxygen atoms in total. The van der Waals surface area contributed by atoms with Crippen LogP contribution in [0.25, 0.3) is 78.1 Å². The first-order valence-corrected chi connectivity index (χ1v) is 26.5. The third-order valence-electron chi connectivity index (χ3n) is 12.9. The number of nitrogens with zero attached hydrogens (tertiary/aromatic N) is 2. The fourth-order valence-corrected chi connectivity index (χ4v) is 9.64. The Labute approximate surface area is 455 Å². The van der Waals surface area contributed by atoms with Gasteiger partial charge >= 0.3 is 7.12 Å². The number of hydrogen-bond donors (Lipinski definition) is 0. The highest BCUT2D eigenvalue weighted by atomic mass is 127. The summed E-state index contributed by atoms with van der Waals surface area (Å²) in [5.74, 6) is 0. The first-order chi connectivity index (χ1) is 34.9. The molecule has 0 radical (unpaired) electrons. The Hall–Kier alpha value is -6.27. The van der Waals surface area contributed by atoms with Gasteiger partial charge in [-0.15, -0.1) is 0 Å². The summed E-state index contributed by atoms with van der Waals surface area (Å²) in [5, 5.41) is 0. The molecule has 10 aromatic rings.